The van der Waals surface area contributed by atoms with Crippen molar-refractivity contribution in [3.63, 3.8) is 0 Å². The monoisotopic (exact) mass is 322 g/mol. The van der Waals surface area contributed by atoms with E-state index in [1.54, 1.807) is 30.6 Å². The number of primary amides is 1. The first-order valence-corrected chi connectivity index (χ1v) is 7.26. The van der Waals surface area contributed by atoms with Gasteiger partial charge in [-0.05, 0) is 18.2 Å². The van der Waals surface area contributed by atoms with Crippen molar-refractivity contribution in [2.24, 2.45) is 5.73 Å². The SMILES string of the molecule is NC(=O)c1cc2c(-c3ccc(Cl)cc3Cl)cncc2s1. The number of fused-ring (bicyclic) bond motifs is 1. The minimum atomic E-state index is -0.445. The summed E-state index contributed by atoms with van der Waals surface area (Å²) in [5.74, 6) is -0.445. The van der Waals surface area contributed by atoms with Crippen molar-refractivity contribution in [3.8, 4) is 11.1 Å². The van der Waals surface area contributed by atoms with E-state index in [0.717, 1.165) is 21.2 Å². The molecule has 2 heterocycles. The standard InChI is InChI=1S/C14H8Cl2N2OS/c15-7-1-2-8(11(16)3-7)10-5-18-6-13-9(10)4-12(20-13)14(17)19/h1-6H,(H2,17,19). The van der Waals surface area contributed by atoms with E-state index in [0.29, 0.717) is 14.9 Å². The first-order valence-electron chi connectivity index (χ1n) is 5.69. The van der Waals surface area contributed by atoms with Crippen LogP contribution in [0, 0.1) is 0 Å². The van der Waals surface area contributed by atoms with E-state index in [1.165, 1.54) is 11.3 Å². The van der Waals surface area contributed by atoms with Crippen molar-refractivity contribution < 1.29 is 4.79 Å². The van der Waals surface area contributed by atoms with Gasteiger partial charge in [0.1, 0.15) is 0 Å². The van der Waals surface area contributed by atoms with Crippen LogP contribution in [0.3, 0.4) is 0 Å². The molecule has 2 N–H and O–H groups in total. The van der Waals surface area contributed by atoms with Gasteiger partial charge in [-0.25, -0.2) is 0 Å². The molecule has 3 aromatic rings. The molecule has 0 saturated carbocycles. The lowest BCUT2D eigenvalue weighted by Crippen LogP contribution is -2.08. The lowest BCUT2D eigenvalue weighted by atomic mass is 10.0. The van der Waals surface area contributed by atoms with Crippen LogP contribution >= 0.6 is 34.5 Å². The molecule has 100 valence electrons. The van der Waals surface area contributed by atoms with Crippen LogP contribution in [-0.4, -0.2) is 10.9 Å². The molecule has 0 aliphatic heterocycles. The van der Waals surface area contributed by atoms with Crippen LogP contribution in [0.1, 0.15) is 9.67 Å². The Labute approximate surface area is 129 Å². The fraction of sp³-hybridized carbons (Fsp3) is 0. The molecule has 0 unspecified atom stereocenters. The van der Waals surface area contributed by atoms with Gasteiger partial charge >= 0.3 is 0 Å². The number of aromatic nitrogens is 1. The molecule has 3 rings (SSSR count). The summed E-state index contributed by atoms with van der Waals surface area (Å²) in [4.78, 5) is 16.0. The Morgan fingerprint density at radius 3 is 2.65 bits per heavy atom. The average molecular weight is 323 g/mol. The lowest BCUT2D eigenvalue weighted by molar-refractivity contribution is 0.100. The Hall–Kier alpha value is -1.62. The number of rotatable bonds is 2. The molecule has 0 bridgehead atoms. The van der Waals surface area contributed by atoms with Crippen LogP contribution in [-0.2, 0) is 0 Å². The Morgan fingerprint density at radius 1 is 1.15 bits per heavy atom. The molecule has 0 spiro atoms. The van der Waals surface area contributed by atoms with Gasteiger partial charge in [0.2, 0.25) is 0 Å². The van der Waals surface area contributed by atoms with Crippen molar-refractivity contribution >= 4 is 50.5 Å². The second kappa shape index (κ2) is 5.05. The summed E-state index contributed by atoms with van der Waals surface area (Å²) in [6, 6.07) is 7.05. The zero-order valence-corrected chi connectivity index (χ0v) is 12.4. The minimum absolute atomic E-state index is 0.445. The van der Waals surface area contributed by atoms with E-state index in [1.807, 2.05) is 6.07 Å². The Bertz CT molecular complexity index is 829. The predicted molar refractivity (Wildman–Crippen MR) is 83.6 cm³/mol. The van der Waals surface area contributed by atoms with Crippen LogP contribution in [0.2, 0.25) is 10.0 Å². The van der Waals surface area contributed by atoms with Gasteiger partial charge in [-0.2, -0.15) is 0 Å². The normalized spacial score (nSPS) is 10.9. The highest BCUT2D eigenvalue weighted by molar-refractivity contribution is 7.20. The minimum Gasteiger partial charge on any atom is -0.365 e. The van der Waals surface area contributed by atoms with Gasteiger partial charge in [-0.1, -0.05) is 29.3 Å². The molecule has 3 nitrogen and oxygen atoms in total. The zero-order chi connectivity index (χ0) is 14.3. The van der Waals surface area contributed by atoms with Gasteiger partial charge in [0.15, 0.2) is 0 Å². The first-order chi connectivity index (χ1) is 9.56. The molecule has 0 fully saturated rings. The highest BCUT2D eigenvalue weighted by atomic mass is 35.5. The number of thiophene rings is 1. The summed E-state index contributed by atoms with van der Waals surface area (Å²) in [5, 5.41) is 2.02. The zero-order valence-electron chi connectivity index (χ0n) is 10.1. The molecule has 2 aromatic heterocycles. The Balaban J connectivity index is 2.28. The van der Waals surface area contributed by atoms with Crippen LogP contribution < -0.4 is 5.73 Å². The molecule has 0 aliphatic rings. The van der Waals surface area contributed by atoms with Crippen LogP contribution in [0.25, 0.3) is 21.2 Å². The van der Waals surface area contributed by atoms with E-state index in [-0.39, 0.29) is 0 Å². The van der Waals surface area contributed by atoms with Gasteiger partial charge in [0.25, 0.3) is 5.91 Å². The Morgan fingerprint density at radius 2 is 1.95 bits per heavy atom. The van der Waals surface area contributed by atoms with Gasteiger partial charge in [0, 0.05) is 39.0 Å². The average Bonchev–Trinajstić information content (AvgIpc) is 2.83. The summed E-state index contributed by atoms with van der Waals surface area (Å²) >= 11 is 13.5. The van der Waals surface area contributed by atoms with E-state index in [4.69, 9.17) is 28.9 Å². The number of halogens is 2. The molecular weight excluding hydrogens is 315 g/mol. The van der Waals surface area contributed by atoms with Crippen LogP contribution in [0.4, 0.5) is 0 Å². The number of carbonyl (C=O) groups is 1. The fourth-order valence-corrected chi connectivity index (χ4v) is 3.42. The molecule has 1 aromatic carbocycles. The molecule has 0 radical (unpaired) electrons. The highest BCUT2D eigenvalue weighted by Gasteiger charge is 2.13. The van der Waals surface area contributed by atoms with Crippen molar-refractivity contribution in [2.75, 3.05) is 0 Å². The smallest absolute Gasteiger partial charge is 0.258 e. The third-order valence-electron chi connectivity index (χ3n) is 2.91. The van der Waals surface area contributed by atoms with Gasteiger partial charge in [-0.3, -0.25) is 9.78 Å². The Kier molecular flexibility index (Phi) is 3.38. The molecule has 0 saturated heterocycles. The van der Waals surface area contributed by atoms with Crippen molar-refractivity contribution in [1.29, 1.82) is 0 Å². The highest BCUT2D eigenvalue weighted by Crippen LogP contribution is 2.37. The number of pyridine rings is 1. The maximum absolute atomic E-state index is 11.3. The molecule has 20 heavy (non-hydrogen) atoms. The maximum atomic E-state index is 11.3. The molecule has 6 heteroatoms. The maximum Gasteiger partial charge on any atom is 0.258 e. The van der Waals surface area contributed by atoms with Gasteiger partial charge in [0.05, 0.1) is 9.58 Å². The summed E-state index contributed by atoms with van der Waals surface area (Å²) in [7, 11) is 0. The number of hydrogen-bond acceptors (Lipinski definition) is 3. The number of benzene rings is 1. The molecular formula is C14H8Cl2N2OS. The summed E-state index contributed by atoms with van der Waals surface area (Å²) in [5.41, 5.74) is 7.00. The largest absolute Gasteiger partial charge is 0.365 e. The number of hydrogen-bond donors (Lipinski definition) is 1. The fourth-order valence-electron chi connectivity index (χ4n) is 2.00. The number of nitrogens with zero attached hydrogens (tertiary/aromatic N) is 1. The summed E-state index contributed by atoms with van der Waals surface area (Å²) in [6.07, 6.45) is 3.43. The number of carbonyl (C=O) groups excluding carboxylic acids is 1. The quantitative estimate of drug-likeness (QED) is 0.761. The van der Waals surface area contributed by atoms with Gasteiger partial charge < -0.3 is 5.73 Å². The summed E-state index contributed by atoms with van der Waals surface area (Å²) in [6.45, 7) is 0. The number of nitrogens with two attached hydrogens (primary N) is 1. The van der Waals surface area contributed by atoms with Crippen molar-refractivity contribution in [1.82, 2.24) is 4.98 Å². The molecule has 0 atom stereocenters. The number of amides is 1. The topological polar surface area (TPSA) is 56.0 Å². The first kappa shape index (κ1) is 13.4. The second-order valence-corrected chi connectivity index (χ2v) is 6.13. The lowest BCUT2D eigenvalue weighted by Gasteiger charge is -2.06. The van der Waals surface area contributed by atoms with E-state index < -0.39 is 5.91 Å². The molecule has 0 aliphatic carbocycles. The predicted octanol–water partition coefficient (Wildman–Crippen LogP) is 4.37. The van der Waals surface area contributed by atoms with E-state index in [2.05, 4.69) is 4.98 Å². The van der Waals surface area contributed by atoms with Crippen LogP contribution in [0.15, 0.2) is 36.7 Å². The third kappa shape index (κ3) is 2.26. The van der Waals surface area contributed by atoms with Gasteiger partial charge in [-0.15, -0.1) is 11.3 Å². The van der Waals surface area contributed by atoms with Crippen molar-refractivity contribution in [3.05, 3.63) is 51.6 Å². The molecule has 1 amide bonds. The van der Waals surface area contributed by atoms with Crippen LogP contribution in [0.5, 0.6) is 0 Å². The summed E-state index contributed by atoms with van der Waals surface area (Å²) < 4.78 is 0.891. The van der Waals surface area contributed by atoms with E-state index >= 15 is 0 Å². The van der Waals surface area contributed by atoms with E-state index in [9.17, 15) is 4.79 Å². The second-order valence-electron chi connectivity index (χ2n) is 4.20. The third-order valence-corrected chi connectivity index (χ3v) is 4.54. The van der Waals surface area contributed by atoms with Crippen molar-refractivity contribution in [2.45, 2.75) is 0 Å².